The molecule has 0 saturated carbocycles. The van der Waals surface area contributed by atoms with Crippen molar-refractivity contribution in [3.8, 4) is 0 Å². The van der Waals surface area contributed by atoms with Gasteiger partial charge < -0.3 is 5.73 Å². The Bertz CT molecular complexity index is 694. The zero-order valence-corrected chi connectivity index (χ0v) is 13.8. The highest BCUT2D eigenvalue weighted by atomic mass is 32.2. The highest BCUT2D eigenvalue weighted by Crippen LogP contribution is 2.26. The van der Waals surface area contributed by atoms with Crippen LogP contribution in [0.5, 0.6) is 0 Å². The van der Waals surface area contributed by atoms with Gasteiger partial charge in [-0.25, -0.2) is 13.1 Å². The van der Waals surface area contributed by atoms with E-state index in [9.17, 15) is 8.42 Å². The molecule has 114 valence electrons. The first kappa shape index (κ1) is 16.0. The highest BCUT2D eigenvalue weighted by Gasteiger charge is 2.23. The van der Waals surface area contributed by atoms with Gasteiger partial charge in [0.15, 0.2) is 0 Å². The van der Waals surface area contributed by atoms with Gasteiger partial charge in [0, 0.05) is 10.6 Å². The van der Waals surface area contributed by atoms with Crippen LogP contribution in [-0.2, 0) is 16.4 Å². The number of hydrogen-bond donors (Lipinski definition) is 2. The van der Waals surface area contributed by atoms with Crippen LogP contribution in [0.15, 0.2) is 40.6 Å². The standard InChI is InChI=1S/C15H20N2O2S2/c1-3-11-7-8-12(16)10-15(11)21(18,19)17-13(4-2)14-6-5-9-20-14/h5-10,13,17H,3-4,16H2,1-2H3. The van der Waals surface area contributed by atoms with Crippen LogP contribution in [-0.4, -0.2) is 8.42 Å². The minimum Gasteiger partial charge on any atom is -0.399 e. The minimum absolute atomic E-state index is 0.207. The molecule has 3 N–H and O–H groups in total. The summed E-state index contributed by atoms with van der Waals surface area (Å²) in [4.78, 5) is 1.29. The molecule has 0 aliphatic rings. The molecule has 1 heterocycles. The molecule has 4 nitrogen and oxygen atoms in total. The Morgan fingerprint density at radius 1 is 1.29 bits per heavy atom. The van der Waals surface area contributed by atoms with Crippen molar-refractivity contribution in [3.63, 3.8) is 0 Å². The first-order chi connectivity index (χ1) is 9.97. The van der Waals surface area contributed by atoms with E-state index in [2.05, 4.69) is 4.72 Å². The smallest absolute Gasteiger partial charge is 0.241 e. The Labute approximate surface area is 130 Å². The summed E-state index contributed by atoms with van der Waals surface area (Å²) in [5.41, 5.74) is 6.98. The first-order valence-electron chi connectivity index (χ1n) is 6.92. The molecule has 0 aliphatic heterocycles. The van der Waals surface area contributed by atoms with Gasteiger partial charge in [0.05, 0.1) is 10.9 Å². The Morgan fingerprint density at radius 2 is 2.05 bits per heavy atom. The monoisotopic (exact) mass is 324 g/mol. The van der Waals surface area contributed by atoms with Gasteiger partial charge in [-0.1, -0.05) is 26.0 Å². The number of hydrogen-bond acceptors (Lipinski definition) is 4. The minimum atomic E-state index is -3.59. The third-order valence-corrected chi connectivity index (χ3v) is 5.89. The fraction of sp³-hybridized carbons (Fsp3) is 0.333. The van der Waals surface area contributed by atoms with Crippen LogP contribution in [0.4, 0.5) is 5.69 Å². The highest BCUT2D eigenvalue weighted by molar-refractivity contribution is 7.89. The van der Waals surface area contributed by atoms with Crippen LogP contribution in [0.25, 0.3) is 0 Å². The summed E-state index contributed by atoms with van der Waals surface area (Å²) in [6, 6.07) is 8.70. The maximum Gasteiger partial charge on any atom is 0.241 e. The number of aryl methyl sites for hydroxylation is 1. The molecule has 1 aromatic carbocycles. The van der Waals surface area contributed by atoms with Crippen molar-refractivity contribution in [2.24, 2.45) is 0 Å². The van der Waals surface area contributed by atoms with Crippen molar-refractivity contribution in [1.29, 1.82) is 0 Å². The molecule has 2 rings (SSSR count). The van der Waals surface area contributed by atoms with Gasteiger partial charge in [0.1, 0.15) is 0 Å². The summed E-state index contributed by atoms with van der Waals surface area (Å²) >= 11 is 1.55. The second-order valence-corrected chi connectivity index (χ2v) is 7.48. The average molecular weight is 324 g/mol. The van der Waals surface area contributed by atoms with E-state index in [4.69, 9.17) is 5.73 Å². The fourth-order valence-corrected chi connectivity index (χ4v) is 4.78. The lowest BCUT2D eigenvalue weighted by Gasteiger charge is -2.17. The zero-order chi connectivity index (χ0) is 15.5. The van der Waals surface area contributed by atoms with Crippen molar-refractivity contribution in [2.45, 2.75) is 37.6 Å². The Balaban J connectivity index is 2.36. The summed E-state index contributed by atoms with van der Waals surface area (Å²) in [6.07, 6.45) is 1.34. The number of anilines is 1. The molecule has 1 atom stereocenters. The molecule has 0 bridgehead atoms. The second-order valence-electron chi connectivity index (χ2n) is 4.82. The van der Waals surface area contributed by atoms with Crippen molar-refractivity contribution < 1.29 is 8.42 Å². The Morgan fingerprint density at radius 3 is 2.62 bits per heavy atom. The molecule has 0 aliphatic carbocycles. The molecule has 1 aromatic heterocycles. The molecule has 0 saturated heterocycles. The lowest BCUT2D eigenvalue weighted by molar-refractivity contribution is 0.552. The summed E-state index contributed by atoms with van der Waals surface area (Å²) in [5, 5.41) is 1.95. The van der Waals surface area contributed by atoms with Crippen LogP contribution in [0.1, 0.15) is 36.8 Å². The van der Waals surface area contributed by atoms with E-state index in [0.29, 0.717) is 18.5 Å². The lowest BCUT2D eigenvalue weighted by Crippen LogP contribution is -2.28. The maximum absolute atomic E-state index is 12.7. The zero-order valence-electron chi connectivity index (χ0n) is 12.2. The molecular weight excluding hydrogens is 304 g/mol. The molecule has 0 spiro atoms. The first-order valence-corrected chi connectivity index (χ1v) is 9.28. The predicted octanol–water partition coefficient (Wildman–Crippen LogP) is 3.32. The summed E-state index contributed by atoms with van der Waals surface area (Å²) < 4.78 is 28.1. The number of nitrogen functional groups attached to an aromatic ring is 1. The second kappa shape index (κ2) is 6.60. The van der Waals surface area contributed by atoms with Gasteiger partial charge in [-0.2, -0.15) is 0 Å². The third-order valence-electron chi connectivity index (χ3n) is 3.35. The molecular formula is C15H20N2O2S2. The number of sulfonamides is 1. The van der Waals surface area contributed by atoms with Crippen LogP contribution < -0.4 is 10.5 Å². The number of nitrogens with two attached hydrogens (primary N) is 1. The molecule has 2 aromatic rings. The lowest BCUT2D eigenvalue weighted by atomic mass is 10.1. The van der Waals surface area contributed by atoms with E-state index in [1.54, 1.807) is 23.5 Å². The van der Waals surface area contributed by atoms with Gasteiger partial charge in [0.25, 0.3) is 0 Å². The van der Waals surface area contributed by atoms with Gasteiger partial charge in [-0.3, -0.25) is 0 Å². The van der Waals surface area contributed by atoms with E-state index in [1.807, 2.05) is 31.4 Å². The van der Waals surface area contributed by atoms with Crippen molar-refractivity contribution in [3.05, 3.63) is 46.2 Å². The SMILES string of the molecule is CCc1ccc(N)cc1S(=O)(=O)NC(CC)c1cccs1. The molecule has 1 unspecified atom stereocenters. The molecule has 0 amide bonds. The normalized spacial score (nSPS) is 13.2. The fourth-order valence-electron chi connectivity index (χ4n) is 2.20. The summed E-state index contributed by atoms with van der Waals surface area (Å²) in [5.74, 6) is 0. The van der Waals surface area contributed by atoms with Crippen LogP contribution in [0.2, 0.25) is 0 Å². The van der Waals surface area contributed by atoms with Gasteiger partial charge in [0.2, 0.25) is 10.0 Å². The largest absolute Gasteiger partial charge is 0.399 e. The van der Waals surface area contributed by atoms with E-state index >= 15 is 0 Å². The quantitative estimate of drug-likeness (QED) is 0.801. The van der Waals surface area contributed by atoms with E-state index in [-0.39, 0.29) is 10.9 Å². The molecule has 0 fully saturated rings. The van der Waals surface area contributed by atoms with Gasteiger partial charge in [-0.15, -0.1) is 11.3 Å². The van der Waals surface area contributed by atoms with Gasteiger partial charge >= 0.3 is 0 Å². The van der Waals surface area contributed by atoms with Gasteiger partial charge in [-0.05, 0) is 42.0 Å². The third kappa shape index (κ3) is 3.64. The van der Waals surface area contributed by atoms with Crippen LogP contribution in [0.3, 0.4) is 0 Å². The molecule has 6 heteroatoms. The Hall–Kier alpha value is -1.37. The number of rotatable bonds is 6. The Kier molecular flexibility index (Phi) is 5.03. The van der Waals surface area contributed by atoms with Crippen LogP contribution >= 0.6 is 11.3 Å². The van der Waals surface area contributed by atoms with E-state index in [0.717, 1.165) is 10.4 Å². The average Bonchev–Trinajstić information content (AvgIpc) is 2.99. The topological polar surface area (TPSA) is 72.2 Å². The van der Waals surface area contributed by atoms with Crippen molar-refractivity contribution in [1.82, 2.24) is 4.72 Å². The molecule has 0 radical (unpaired) electrons. The van der Waals surface area contributed by atoms with Crippen molar-refractivity contribution in [2.75, 3.05) is 5.73 Å². The molecule has 21 heavy (non-hydrogen) atoms. The number of benzene rings is 1. The van der Waals surface area contributed by atoms with E-state index in [1.165, 1.54) is 6.07 Å². The number of thiophene rings is 1. The summed E-state index contributed by atoms with van der Waals surface area (Å²) in [6.45, 7) is 3.90. The number of nitrogens with one attached hydrogen (secondary N) is 1. The van der Waals surface area contributed by atoms with E-state index < -0.39 is 10.0 Å². The predicted molar refractivity (Wildman–Crippen MR) is 87.9 cm³/mol. The summed E-state index contributed by atoms with van der Waals surface area (Å²) in [7, 11) is -3.59. The maximum atomic E-state index is 12.7. The van der Waals surface area contributed by atoms with Crippen molar-refractivity contribution >= 4 is 27.0 Å². The van der Waals surface area contributed by atoms with Crippen LogP contribution in [0, 0.1) is 0 Å².